The number of sulfonamides is 1. The van der Waals surface area contributed by atoms with Crippen molar-refractivity contribution in [1.82, 2.24) is 4.31 Å². The van der Waals surface area contributed by atoms with Gasteiger partial charge in [-0.3, -0.25) is 0 Å². The van der Waals surface area contributed by atoms with Crippen LogP contribution in [0.1, 0.15) is 6.92 Å². The summed E-state index contributed by atoms with van der Waals surface area (Å²) in [6.45, 7) is 1.22. The predicted molar refractivity (Wildman–Crippen MR) is 56.9 cm³/mol. The zero-order chi connectivity index (χ0) is 12.6. The van der Waals surface area contributed by atoms with Gasteiger partial charge in [0.2, 0.25) is 10.0 Å². The third-order valence-electron chi connectivity index (χ3n) is 1.80. The summed E-state index contributed by atoms with van der Waals surface area (Å²) in [7, 11) is -3.70. The quantitative estimate of drug-likeness (QED) is 0.587. The number of ether oxygens (including phenoxy) is 1. The first-order valence-corrected chi connectivity index (χ1v) is 6.58. The molecular formula is C8H18F2N2O3S. The molecule has 0 aliphatic rings. The maximum atomic E-state index is 12.1. The Morgan fingerprint density at radius 2 is 2.06 bits per heavy atom. The Balaban J connectivity index is 4.37. The third kappa shape index (κ3) is 6.31. The summed E-state index contributed by atoms with van der Waals surface area (Å²) in [4.78, 5) is 0. The van der Waals surface area contributed by atoms with E-state index in [1.54, 1.807) is 6.92 Å². The maximum Gasteiger partial charge on any atom is 0.252 e. The summed E-state index contributed by atoms with van der Waals surface area (Å²) in [5.41, 5.74) is 5.17. The van der Waals surface area contributed by atoms with E-state index in [0.29, 0.717) is 10.9 Å². The second kappa shape index (κ2) is 7.88. The van der Waals surface area contributed by atoms with Crippen LogP contribution >= 0.6 is 0 Å². The third-order valence-corrected chi connectivity index (χ3v) is 3.60. The fourth-order valence-corrected chi connectivity index (χ4v) is 2.39. The van der Waals surface area contributed by atoms with E-state index in [9.17, 15) is 17.2 Å². The van der Waals surface area contributed by atoms with Crippen LogP contribution in [0.4, 0.5) is 8.78 Å². The first kappa shape index (κ1) is 15.7. The molecule has 0 aromatic carbocycles. The van der Waals surface area contributed by atoms with Gasteiger partial charge < -0.3 is 10.5 Å². The van der Waals surface area contributed by atoms with Crippen molar-refractivity contribution in [2.45, 2.75) is 13.3 Å². The average Bonchev–Trinajstić information content (AvgIpc) is 2.16. The minimum Gasteiger partial charge on any atom is -0.381 e. The Kier molecular flexibility index (Phi) is 7.73. The summed E-state index contributed by atoms with van der Waals surface area (Å²) in [5, 5.41) is 0. The molecule has 0 radical (unpaired) electrons. The standard InChI is InChI=1S/C8H18F2N2O3S/c1-2-15-5-6-16(13,14)12(4-3-11)7-8(9)10/h8H,2-7,11H2,1H3. The Labute approximate surface area is 94.6 Å². The van der Waals surface area contributed by atoms with Gasteiger partial charge in [-0.15, -0.1) is 0 Å². The number of nitrogens with zero attached hydrogens (tertiary/aromatic N) is 1. The fourth-order valence-electron chi connectivity index (χ4n) is 1.08. The van der Waals surface area contributed by atoms with Crippen LogP contribution in [-0.4, -0.2) is 57.7 Å². The summed E-state index contributed by atoms with van der Waals surface area (Å²) in [6, 6.07) is 0. The number of halogens is 2. The Bertz CT molecular complexity index is 272. The largest absolute Gasteiger partial charge is 0.381 e. The minimum absolute atomic E-state index is 0.00312. The van der Waals surface area contributed by atoms with E-state index in [2.05, 4.69) is 0 Å². The van der Waals surface area contributed by atoms with Crippen LogP contribution in [0.5, 0.6) is 0 Å². The molecule has 0 heterocycles. The van der Waals surface area contributed by atoms with Gasteiger partial charge in [-0.1, -0.05) is 0 Å². The van der Waals surface area contributed by atoms with E-state index in [0.717, 1.165) is 0 Å². The molecule has 0 aromatic rings. The summed E-state index contributed by atoms with van der Waals surface area (Å²) < 4.78 is 53.1. The van der Waals surface area contributed by atoms with Gasteiger partial charge in [-0.05, 0) is 6.92 Å². The van der Waals surface area contributed by atoms with Crippen molar-refractivity contribution >= 4 is 10.0 Å². The van der Waals surface area contributed by atoms with Gasteiger partial charge in [0.15, 0.2) is 0 Å². The van der Waals surface area contributed by atoms with Crippen molar-refractivity contribution in [3.05, 3.63) is 0 Å². The molecule has 0 aromatic heterocycles. The van der Waals surface area contributed by atoms with Gasteiger partial charge >= 0.3 is 0 Å². The van der Waals surface area contributed by atoms with Crippen molar-refractivity contribution in [3.63, 3.8) is 0 Å². The zero-order valence-corrected chi connectivity index (χ0v) is 10.0. The molecule has 0 spiro atoms. The molecule has 0 atom stereocenters. The van der Waals surface area contributed by atoms with Crippen molar-refractivity contribution in [1.29, 1.82) is 0 Å². The molecule has 8 heteroatoms. The molecule has 0 fully saturated rings. The normalized spacial score (nSPS) is 12.6. The van der Waals surface area contributed by atoms with E-state index in [1.165, 1.54) is 0 Å². The van der Waals surface area contributed by atoms with Gasteiger partial charge in [-0.25, -0.2) is 17.2 Å². The van der Waals surface area contributed by atoms with Crippen LogP contribution < -0.4 is 5.73 Å². The van der Waals surface area contributed by atoms with Gasteiger partial charge in [-0.2, -0.15) is 4.31 Å². The fraction of sp³-hybridized carbons (Fsp3) is 1.00. The lowest BCUT2D eigenvalue weighted by molar-refractivity contribution is 0.119. The van der Waals surface area contributed by atoms with Crippen molar-refractivity contribution in [2.75, 3.05) is 38.6 Å². The number of hydrogen-bond acceptors (Lipinski definition) is 4. The Morgan fingerprint density at radius 1 is 1.44 bits per heavy atom. The smallest absolute Gasteiger partial charge is 0.252 e. The van der Waals surface area contributed by atoms with Crippen LogP contribution in [0.25, 0.3) is 0 Å². The second-order valence-electron chi connectivity index (χ2n) is 3.05. The highest BCUT2D eigenvalue weighted by molar-refractivity contribution is 7.89. The van der Waals surface area contributed by atoms with Crippen LogP contribution in [0.15, 0.2) is 0 Å². The molecule has 98 valence electrons. The Morgan fingerprint density at radius 3 is 2.50 bits per heavy atom. The van der Waals surface area contributed by atoms with E-state index >= 15 is 0 Å². The summed E-state index contributed by atoms with van der Waals surface area (Å²) >= 11 is 0. The van der Waals surface area contributed by atoms with Crippen molar-refractivity contribution in [3.8, 4) is 0 Å². The van der Waals surface area contributed by atoms with Crippen LogP contribution in [0, 0.1) is 0 Å². The van der Waals surface area contributed by atoms with Gasteiger partial charge in [0.25, 0.3) is 6.43 Å². The van der Waals surface area contributed by atoms with Gasteiger partial charge in [0.05, 0.1) is 18.9 Å². The van der Waals surface area contributed by atoms with Crippen molar-refractivity contribution in [2.24, 2.45) is 5.73 Å². The lowest BCUT2D eigenvalue weighted by Gasteiger charge is -2.20. The SMILES string of the molecule is CCOCCS(=O)(=O)N(CCN)CC(F)F. The summed E-state index contributed by atoms with van der Waals surface area (Å²) in [5.74, 6) is -0.298. The van der Waals surface area contributed by atoms with Crippen molar-refractivity contribution < 1.29 is 21.9 Å². The highest BCUT2D eigenvalue weighted by Crippen LogP contribution is 2.05. The molecule has 0 aliphatic carbocycles. The molecular weight excluding hydrogens is 242 g/mol. The first-order chi connectivity index (χ1) is 7.44. The molecule has 0 bridgehead atoms. The summed E-state index contributed by atoms with van der Waals surface area (Å²) in [6.07, 6.45) is -2.70. The van der Waals surface area contributed by atoms with Crippen LogP contribution in [-0.2, 0) is 14.8 Å². The van der Waals surface area contributed by atoms with E-state index in [-0.39, 0.29) is 25.4 Å². The monoisotopic (exact) mass is 260 g/mol. The predicted octanol–water partition coefficient (Wildman–Crippen LogP) is -0.121. The number of alkyl halides is 2. The molecule has 0 saturated heterocycles. The first-order valence-electron chi connectivity index (χ1n) is 4.97. The zero-order valence-electron chi connectivity index (χ0n) is 9.23. The highest BCUT2D eigenvalue weighted by atomic mass is 32.2. The molecule has 0 rings (SSSR count). The van der Waals surface area contributed by atoms with E-state index in [4.69, 9.17) is 10.5 Å². The molecule has 0 amide bonds. The number of rotatable bonds is 9. The van der Waals surface area contributed by atoms with Gasteiger partial charge in [0.1, 0.15) is 0 Å². The Hall–Kier alpha value is -0.310. The lowest BCUT2D eigenvalue weighted by Crippen LogP contribution is -2.40. The van der Waals surface area contributed by atoms with Gasteiger partial charge in [0, 0.05) is 19.7 Å². The highest BCUT2D eigenvalue weighted by Gasteiger charge is 2.24. The average molecular weight is 260 g/mol. The molecule has 0 aliphatic heterocycles. The minimum atomic E-state index is -3.70. The van der Waals surface area contributed by atoms with E-state index in [1.807, 2.05) is 0 Å². The number of nitrogens with two attached hydrogens (primary N) is 1. The van der Waals surface area contributed by atoms with E-state index < -0.39 is 23.0 Å². The second-order valence-corrected chi connectivity index (χ2v) is 5.14. The lowest BCUT2D eigenvalue weighted by atomic mass is 10.6. The topological polar surface area (TPSA) is 72.6 Å². The molecule has 2 N–H and O–H groups in total. The number of hydrogen-bond donors (Lipinski definition) is 1. The van der Waals surface area contributed by atoms with Crippen LogP contribution in [0.2, 0.25) is 0 Å². The molecule has 16 heavy (non-hydrogen) atoms. The molecule has 0 unspecified atom stereocenters. The molecule has 0 saturated carbocycles. The maximum absolute atomic E-state index is 12.1. The van der Waals surface area contributed by atoms with Crippen LogP contribution in [0.3, 0.4) is 0 Å². The molecule has 5 nitrogen and oxygen atoms in total.